The van der Waals surface area contributed by atoms with Gasteiger partial charge in [0.1, 0.15) is 5.82 Å². The number of aromatic amines is 1. The third kappa shape index (κ3) is 2.23. The smallest absolute Gasteiger partial charge is 0.169 e. The van der Waals surface area contributed by atoms with Crippen molar-refractivity contribution in [3.05, 3.63) is 71.2 Å². The highest BCUT2D eigenvalue weighted by Crippen LogP contribution is 2.23. The number of Topliss-reactive ketones (excluding diaryl/α,β-unsaturated/α-hetero) is 1. The summed E-state index contributed by atoms with van der Waals surface area (Å²) < 4.78 is 13.2. The second kappa shape index (κ2) is 4.93. The summed E-state index contributed by atoms with van der Waals surface area (Å²) in [6.45, 7) is 1.89. The van der Waals surface area contributed by atoms with Crippen molar-refractivity contribution in [1.29, 1.82) is 0 Å². The highest BCUT2D eigenvalue weighted by molar-refractivity contribution is 6.09. The van der Waals surface area contributed by atoms with E-state index in [1.165, 1.54) is 12.1 Å². The predicted octanol–water partition coefficient (Wildman–Crippen LogP) is 4.04. The van der Waals surface area contributed by atoms with Gasteiger partial charge in [-0.15, -0.1) is 0 Å². The number of H-pyrrole nitrogens is 1. The second-order valence-electron chi connectivity index (χ2n) is 4.90. The number of aryl methyl sites for hydroxylation is 1. The van der Waals surface area contributed by atoms with Gasteiger partial charge in [-0.1, -0.05) is 30.3 Å². The molecule has 0 fully saturated rings. The SMILES string of the molecule is Cc1[nH]c2ccccc2c1C(=O)Cc1cccc(F)c1. The van der Waals surface area contributed by atoms with Crippen molar-refractivity contribution in [3.8, 4) is 0 Å². The van der Waals surface area contributed by atoms with Gasteiger partial charge in [0.2, 0.25) is 0 Å². The first-order valence-corrected chi connectivity index (χ1v) is 6.50. The van der Waals surface area contributed by atoms with Crippen LogP contribution in [0.2, 0.25) is 0 Å². The lowest BCUT2D eigenvalue weighted by atomic mass is 10.0. The minimum atomic E-state index is -0.314. The number of ketones is 1. The Morgan fingerprint density at radius 2 is 1.95 bits per heavy atom. The van der Waals surface area contributed by atoms with E-state index in [1.54, 1.807) is 12.1 Å². The maximum Gasteiger partial charge on any atom is 0.169 e. The lowest BCUT2D eigenvalue weighted by Crippen LogP contribution is -2.04. The number of hydrogen-bond donors (Lipinski definition) is 1. The van der Waals surface area contributed by atoms with E-state index in [9.17, 15) is 9.18 Å². The Kier molecular flexibility index (Phi) is 3.11. The van der Waals surface area contributed by atoms with Crippen molar-refractivity contribution in [2.45, 2.75) is 13.3 Å². The highest BCUT2D eigenvalue weighted by atomic mass is 19.1. The van der Waals surface area contributed by atoms with Crippen LogP contribution in [0.15, 0.2) is 48.5 Å². The maximum atomic E-state index is 13.2. The number of hydrogen-bond acceptors (Lipinski definition) is 1. The average Bonchev–Trinajstić information content (AvgIpc) is 2.74. The fourth-order valence-corrected chi connectivity index (χ4v) is 2.56. The van der Waals surface area contributed by atoms with E-state index in [-0.39, 0.29) is 18.0 Å². The van der Waals surface area contributed by atoms with Gasteiger partial charge in [0, 0.05) is 28.6 Å². The normalized spacial score (nSPS) is 10.9. The Labute approximate surface area is 116 Å². The second-order valence-corrected chi connectivity index (χ2v) is 4.90. The van der Waals surface area contributed by atoms with Gasteiger partial charge in [0.25, 0.3) is 0 Å². The number of fused-ring (bicyclic) bond motifs is 1. The summed E-state index contributed by atoms with van der Waals surface area (Å²) in [6, 6.07) is 13.9. The molecule has 0 spiro atoms. The number of benzene rings is 2. The lowest BCUT2D eigenvalue weighted by Gasteiger charge is -2.02. The van der Waals surface area contributed by atoms with Crippen LogP contribution >= 0.6 is 0 Å². The van der Waals surface area contributed by atoms with Gasteiger partial charge in [-0.25, -0.2) is 4.39 Å². The van der Waals surface area contributed by atoms with Crippen LogP contribution < -0.4 is 0 Å². The molecule has 0 saturated heterocycles. The number of aromatic nitrogens is 1. The van der Waals surface area contributed by atoms with Crippen molar-refractivity contribution in [3.63, 3.8) is 0 Å². The molecule has 0 radical (unpaired) electrons. The van der Waals surface area contributed by atoms with Crippen LogP contribution in [-0.2, 0) is 6.42 Å². The molecule has 2 aromatic carbocycles. The predicted molar refractivity (Wildman–Crippen MR) is 77.5 cm³/mol. The molecule has 0 saturated carbocycles. The van der Waals surface area contributed by atoms with Crippen molar-refractivity contribution in [1.82, 2.24) is 4.98 Å². The van der Waals surface area contributed by atoms with Gasteiger partial charge in [0.05, 0.1) is 0 Å². The van der Waals surface area contributed by atoms with Gasteiger partial charge >= 0.3 is 0 Å². The number of rotatable bonds is 3. The molecule has 0 aliphatic heterocycles. The van der Waals surface area contributed by atoms with Crippen LogP contribution in [0, 0.1) is 12.7 Å². The van der Waals surface area contributed by atoms with E-state index in [4.69, 9.17) is 0 Å². The zero-order chi connectivity index (χ0) is 14.1. The van der Waals surface area contributed by atoms with Crippen LogP contribution in [-0.4, -0.2) is 10.8 Å². The first-order chi connectivity index (χ1) is 9.65. The van der Waals surface area contributed by atoms with E-state index in [0.29, 0.717) is 11.1 Å². The topological polar surface area (TPSA) is 32.9 Å². The molecule has 1 N–H and O–H groups in total. The summed E-state index contributed by atoms with van der Waals surface area (Å²) in [4.78, 5) is 15.7. The Morgan fingerprint density at radius 3 is 2.75 bits per heavy atom. The minimum absolute atomic E-state index is 0.00514. The summed E-state index contributed by atoms with van der Waals surface area (Å²) in [7, 11) is 0. The summed E-state index contributed by atoms with van der Waals surface area (Å²) in [5, 5.41) is 0.923. The van der Waals surface area contributed by atoms with Crippen LogP contribution in [0.4, 0.5) is 4.39 Å². The summed E-state index contributed by atoms with van der Waals surface area (Å²) in [5.41, 5.74) is 3.20. The van der Waals surface area contributed by atoms with Gasteiger partial charge in [-0.2, -0.15) is 0 Å². The molecule has 0 bridgehead atoms. The Hall–Kier alpha value is -2.42. The van der Waals surface area contributed by atoms with Gasteiger partial charge in [-0.05, 0) is 30.7 Å². The highest BCUT2D eigenvalue weighted by Gasteiger charge is 2.16. The monoisotopic (exact) mass is 267 g/mol. The fraction of sp³-hybridized carbons (Fsp3) is 0.118. The molecule has 100 valence electrons. The Bertz CT molecular complexity index is 789. The van der Waals surface area contributed by atoms with E-state index in [0.717, 1.165) is 16.6 Å². The van der Waals surface area contributed by atoms with Crippen molar-refractivity contribution < 1.29 is 9.18 Å². The zero-order valence-electron chi connectivity index (χ0n) is 11.1. The molecule has 1 aromatic heterocycles. The van der Waals surface area contributed by atoms with Crippen molar-refractivity contribution >= 4 is 16.7 Å². The van der Waals surface area contributed by atoms with Crippen LogP contribution in [0.3, 0.4) is 0 Å². The first-order valence-electron chi connectivity index (χ1n) is 6.50. The van der Waals surface area contributed by atoms with Crippen LogP contribution in [0.25, 0.3) is 10.9 Å². The molecular weight excluding hydrogens is 253 g/mol. The van der Waals surface area contributed by atoms with E-state index >= 15 is 0 Å². The summed E-state index contributed by atoms with van der Waals surface area (Å²) in [5.74, 6) is -0.309. The van der Waals surface area contributed by atoms with E-state index in [1.807, 2.05) is 31.2 Å². The Balaban J connectivity index is 1.99. The van der Waals surface area contributed by atoms with E-state index < -0.39 is 0 Å². The molecule has 20 heavy (non-hydrogen) atoms. The maximum absolute atomic E-state index is 13.2. The molecule has 1 heterocycles. The third-order valence-electron chi connectivity index (χ3n) is 3.43. The quantitative estimate of drug-likeness (QED) is 0.714. The van der Waals surface area contributed by atoms with Gasteiger partial charge in [-0.3, -0.25) is 4.79 Å². The minimum Gasteiger partial charge on any atom is -0.358 e. The summed E-state index contributed by atoms with van der Waals surface area (Å²) in [6.07, 6.45) is 0.209. The number of para-hydroxylation sites is 1. The van der Waals surface area contributed by atoms with Gasteiger partial charge in [0.15, 0.2) is 5.78 Å². The van der Waals surface area contributed by atoms with Crippen LogP contribution in [0.5, 0.6) is 0 Å². The molecule has 0 atom stereocenters. The summed E-state index contributed by atoms with van der Waals surface area (Å²) >= 11 is 0. The number of halogens is 1. The molecular formula is C17H14FNO. The lowest BCUT2D eigenvalue weighted by molar-refractivity contribution is 0.0994. The van der Waals surface area contributed by atoms with Crippen molar-refractivity contribution in [2.24, 2.45) is 0 Å². The van der Waals surface area contributed by atoms with Crippen LogP contribution in [0.1, 0.15) is 21.6 Å². The average molecular weight is 267 g/mol. The standard InChI is InChI=1S/C17H14FNO/c1-11-17(14-7-2-3-8-15(14)19-11)16(20)10-12-5-4-6-13(18)9-12/h2-9,19H,10H2,1H3. The first kappa shape index (κ1) is 12.6. The molecule has 0 aliphatic rings. The number of carbonyl (C=O) groups excluding carboxylic acids is 1. The molecule has 2 nitrogen and oxygen atoms in total. The van der Waals surface area contributed by atoms with Crippen molar-refractivity contribution in [2.75, 3.05) is 0 Å². The molecule has 3 aromatic rings. The fourth-order valence-electron chi connectivity index (χ4n) is 2.56. The number of carbonyl (C=O) groups is 1. The molecule has 0 amide bonds. The third-order valence-corrected chi connectivity index (χ3v) is 3.43. The van der Waals surface area contributed by atoms with Gasteiger partial charge < -0.3 is 4.98 Å². The zero-order valence-corrected chi connectivity index (χ0v) is 11.1. The molecule has 3 rings (SSSR count). The Morgan fingerprint density at radius 1 is 1.15 bits per heavy atom. The largest absolute Gasteiger partial charge is 0.358 e. The molecule has 0 aliphatic carbocycles. The van der Waals surface area contributed by atoms with E-state index in [2.05, 4.69) is 4.98 Å². The molecule has 3 heteroatoms. The number of nitrogens with one attached hydrogen (secondary N) is 1. The molecule has 0 unspecified atom stereocenters.